The third-order valence-corrected chi connectivity index (χ3v) is 5.99. The van der Waals surface area contributed by atoms with Crippen LogP contribution in [0.5, 0.6) is 0 Å². The van der Waals surface area contributed by atoms with Gasteiger partial charge in [-0.05, 0) is 61.4 Å². The summed E-state index contributed by atoms with van der Waals surface area (Å²) in [6.07, 6.45) is 3.64. The SMILES string of the molecule is Cc1ccc2c(c1)CCC2NC(=O)NC1CCN(Cc2ccc(F)c(F)c2)CC1. The second-order valence-corrected chi connectivity index (χ2v) is 8.21. The Morgan fingerprint density at radius 2 is 1.83 bits per heavy atom. The Hall–Kier alpha value is -2.47. The first-order valence-electron chi connectivity index (χ1n) is 10.3. The van der Waals surface area contributed by atoms with Crippen LogP contribution in [0, 0.1) is 18.6 Å². The summed E-state index contributed by atoms with van der Waals surface area (Å²) in [5.41, 5.74) is 4.58. The second kappa shape index (κ2) is 8.49. The van der Waals surface area contributed by atoms with E-state index < -0.39 is 11.6 Å². The summed E-state index contributed by atoms with van der Waals surface area (Å²) in [5.74, 6) is -1.62. The second-order valence-electron chi connectivity index (χ2n) is 8.21. The molecule has 1 fully saturated rings. The van der Waals surface area contributed by atoms with Gasteiger partial charge in [0.05, 0.1) is 6.04 Å². The van der Waals surface area contributed by atoms with E-state index in [-0.39, 0.29) is 18.1 Å². The Kier molecular flexibility index (Phi) is 5.81. The van der Waals surface area contributed by atoms with Crippen molar-refractivity contribution in [2.24, 2.45) is 0 Å². The average molecular weight is 399 g/mol. The topological polar surface area (TPSA) is 44.4 Å². The molecule has 4 nitrogen and oxygen atoms in total. The minimum atomic E-state index is -0.817. The molecule has 29 heavy (non-hydrogen) atoms. The molecule has 1 atom stereocenters. The molecule has 0 bridgehead atoms. The standard InChI is InChI=1S/C23H27F2N3O/c1-15-2-5-19-17(12-15)4-7-22(19)27-23(29)26-18-8-10-28(11-9-18)14-16-3-6-20(24)21(25)13-16/h2-3,5-6,12-13,18,22H,4,7-11,14H2,1H3,(H2,26,27,29). The number of rotatable bonds is 4. The van der Waals surface area contributed by atoms with Crippen LogP contribution in [0.1, 0.15) is 47.6 Å². The number of amides is 2. The third-order valence-electron chi connectivity index (χ3n) is 5.99. The molecule has 2 aromatic carbocycles. The Morgan fingerprint density at radius 1 is 1.03 bits per heavy atom. The quantitative estimate of drug-likeness (QED) is 0.808. The Labute approximate surface area is 170 Å². The lowest BCUT2D eigenvalue weighted by Crippen LogP contribution is -2.48. The van der Waals surface area contributed by atoms with Gasteiger partial charge >= 0.3 is 6.03 Å². The number of carbonyl (C=O) groups is 1. The first-order valence-corrected chi connectivity index (χ1v) is 10.3. The van der Waals surface area contributed by atoms with Gasteiger partial charge in [-0.15, -0.1) is 0 Å². The molecule has 1 aliphatic carbocycles. The minimum Gasteiger partial charge on any atom is -0.335 e. The van der Waals surface area contributed by atoms with E-state index >= 15 is 0 Å². The summed E-state index contributed by atoms with van der Waals surface area (Å²) in [6, 6.07) is 10.6. The monoisotopic (exact) mass is 399 g/mol. The van der Waals surface area contributed by atoms with Crippen LogP contribution >= 0.6 is 0 Å². The van der Waals surface area contributed by atoms with Crippen LogP contribution < -0.4 is 10.6 Å². The number of fused-ring (bicyclic) bond motifs is 1. The molecule has 154 valence electrons. The Bertz CT molecular complexity index is 894. The van der Waals surface area contributed by atoms with Gasteiger partial charge in [0.1, 0.15) is 0 Å². The van der Waals surface area contributed by atoms with E-state index in [0.717, 1.165) is 44.3 Å². The fourth-order valence-corrected chi connectivity index (χ4v) is 4.41. The number of piperidine rings is 1. The number of carbonyl (C=O) groups excluding carboxylic acids is 1. The maximum atomic E-state index is 13.4. The fraction of sp³-hybridized carbons (Fsp3) is 0.435. The molecule has 2 amide bonds. The molecular formula is C23H27F2N3O. The maximum absolute atomic E-state index is 13.4. The lowest BCUT2D eigenvalue weighted by molar-refractivity contribution is 0.185. The fourth-order valence-electron chi connectivity index (χ4n) is 4.41. The van der Waals surface area contributed by atoms with Gasteiger partial charge in [-0.25, -0.2) is 13.6 Å². The molecule has 0 saturated carbocycles. The first-order chi connectivity index (χ1) is 14.0. The van der Waals surface area contributed by atoms with Crippen LogP contribution in [0.4, 0.5) is 13.6 Å². The average Bonchev–Trinajstić information content (AvgIpc) is 3.08. The zero-order valence-corrected chi connectivity index (χ0v) is 16.7. The molecular weight excluding hydrogens is 372 g/mol. The van der Waals surface area contributed by atoms with Gasteiger partial charge in [0, 0.05) is 25.7 Å². The number of hydrogen-bond donors (Lipinski definition) is 2. The lowest BCUT2D eigenvalue weighted by atomic mass is 10.0. The predicted molar refractivity (Wildman–Crippen MR) is 109 cm³/mol. The largest absolute Gasteiger partial charge is 0.335 e. The van der Waals surface area contributed by atoms with Crippen LogP contribution in [0.25, 0.3) is 0 Å². The van der Waals surface area contributed by atoms with Gasteiger partial charge in [0.2, 0.25) is 0 Å². The first kappa shape index (κ1) is 19.8. The lowest BCUT2D eigenvalue weighted by Gasteiger charge is -2.32. The van der Waals surface area contributed by atoms with Crippen molar-refractivity contribution in [2.75, 3.05) is 13.1 Å². The van der Waals surface area contributed by atoms with Crippen LogP contribution in [-0.4, -0.2) is 30.1 Å². The van der Waals surface area contributed by atoms with Crippen LogP contribution in [0.15, 0.2) is 36.4 Å². The van der Waals surface area contributed by atoms with Gasteiger partial charge in [0.15, 0.2) is 11.6 Å². The van der Waals surface area contributed by atoms with Crippen LogP contribution in [0.2, 0.25) is 0 Å². The van der Waals surface area contributed by atoms with Crippen LogP contribution in [0.3, 0.4) is 0 Å². The van der Waals surface area contributed by atoms with Gasteiger partial charge in [-0.1, -0.05) is 29.8 Å². The number of halogens is 2. The van der Waals surface area contributed by atoms with E-state index in [1.54, 1.807) is 6.07 Å². The van der Waals surface area contributed by atoms with Crippen molar-refractivity contribution in [2.45, 2.75) is 51.2 Å². The number of benzene rings is 2. The molecule has 0 aromatic heterocycles. The molecule has 1 unspecified atom stereocenters. The highest BCUT2D eigenvalue weighted by atomic mass is 19.2. The third kappa shape index (κ3) is 4.75. The van der Waals surface area contributed by atoms with Crippen molar-refractivity contribution in [1.29, 1.82) is 0 Å². The number of urea groups is 1. The molecule has 1 saturated heterocycles. The number of likely N-dealkylation sites (tertiary alicyclic amines) is 1. The molecule has 2 aliphatic rings. The number of hydrogen-bond acceptors (Lipinski definition) is 2. The van der Waals surface area contributed by atoms with Crippen molar-refractivity contribution >= 4 is 6.03 Å². The molecule has 1 aliphatic heterocycles. The summed E-state index contributed by atoms with van der Waals surface area (Å²) >= 11 is 0. The van der Waals surface area contributed by atoms with E-state index in [1.807, 2.05) is 0 Å². The molecule has 1 heterocycles. The summed E-state index contributed by atoms with van der Waals surface area (Å²) in [7, 11) is 0. The van der Waals surface area contributed by atoms with E-state index in [4.69, 9.17) is 0 Å². The molecule has 0 radical (unpaired) electrons. The predicted octanol–water partition coefficient (Wildman–Crippen LogP) is 4.22. The highest BCUT2D eigenvalue weighted by Crippen LogP contribution is 2.31. The summed E-state index contributed by atoms with van der Waals surface area (Å²) in [5, 5.41) is 6.23. The van der Waals surface area contributed by atoms with Gasteiger partial charge in [-0.2, -0.15) is 0 Å². The molecule has 2 aromatic rings. The molecule has 0 spiro atoms. The van der Waals surface area contributed by atoms with Gasteiger partial charge < -0.3 is 10.6 Å². The molecule has 4 rings (SSSR count). The Morgan fingerprint density at radius 3 is 2.59 bits per heavy atom. The highest BCUT2D eigenvalue weighted by molar-refractivity contribution is 5.75. The van der Waals surface area contributed by atoms with E-state index in [1.165, 1.54) is 28.8 Å². The summed E-state index contributed by atoms with van der Waals surface area (Å²) in [6.45, 7) is 4.31. The number of aryl methyl sites for hydroxylation is 2. The zero-order valence-electron chi connectivity index (χ0n) is 16.7. The van der Waals surface area contributed by atoms with E-state index in [9.17, 15) is 13.6 Å². The highest BCUT2D eigenvalue weighted by Gasteiger charge is 2.26. The summed E-state index contributed by atoms with van der Waals surface area (Å²) in [4.78, 5) is 14.7. The maximum Gasteiger partial charge on any atom is 0.315 e. The van der Waals surface area contributed by atoms with E-state index in [2.05, 4.69) is 40.7 Å². The van der Waals surface area contributed by atoms with Crippen molar-refractivity contribution < 1.29 is 13.6 Å². The molecule has 2 N–H and O–H groups in total. The van der Waals surface area contributed by atoms with Gasteiger partial charge in [-0.3, -0.25) is 4.90 Å². The number of nitrogens with zero attached hydrogens (tertiary/aromatic N) is 1. The van der Waals surface area contributed by atoms with Crippen molar-refractivity contribution in [3.8, 4) is 0 Å². The zero-order chi connectivity index (χ0) is 20.4. The van der Waals surface area contributed by atoms with Crippen molar-refractivity contribution in [3.63, 3.8) is 0 Å². The van der Waals surface area contributed by atoms with Crippen molar-refractivity contribution in [3.05, 3.63) is 70.3 Å². The number of nitrogens with one attached hydrogen (secondary N) is 2. The minimum absolute atomic E-state index is 0.0825. The molecule has 6 heteroatoms. The van der Waals surface area contributed by atoms with Crippen molar-refractivity contribution in [1.82, 2.24) is 15.5 Å². The Balaban J connectivity index is 1.24. The summed E-state index contributed by atoms with van der Waals surface area (Å²) < 4.78 is 26.4. The van der Waals surface area contributed by atoms with Gasteiger partial charge in [0.25, 0.3) is 0 Å². The smallest absolute Gasteiger partial charge is 0.315 e. The van der Waals surface area contributed by atoms with Crippen LogP contribution in [-0.2, 0) is 13.0 Å². The van der Waals surface area contributed by atoms with E-state index in [0.29, 0.717) is 6.54 Å². The normalized spacial score (nSPS) is 19.8.